The number of rotatable bonds is 7. The largest absolute Gasteiger partial charge is 0.361 e. The Hall–Kier alpha value is -1.61. The second kappa shape index (κ2) is 10.7. The van der Waals surface area contributed by atoms with E-state index in [9.17, 15) is 0 Å². The molecule has 5 nitrogen and oxygen atoms in total. The van der Waals surface area contributed by atoms with Crippen LogP contribution in [0.1, 0.15) is 34.5 Å². The predicted molar refractivity (Wildman–Crippen MR) is 126 cm³/mol. The van der Waals surface area contributed by atoms with Crippen molar-refractivity contribution < 1.29 is 0 Å². The normalized spacial score (nSPS) is 11.4. The summed E-state index contributed by atoms with van der Waals surface area (Å²) in [5.74, 6) is 0.872. The molecule has 1 aromatic carbocycles. The Labute approximate surface area is 182 Å². The summed E-state index contributed by atoms with van der Waals surface area (Å²) in [6.45, 7) is 8.61. The first kappa shape index (κ1) is 21.7. The zero-order chi connectivity index (χ0) is 18.4. The van der Waals surface area contributed by atoms with Crippen molar-refractivity contribution in [1.29, 1.82) is 0 Å². The molecule has 0 aliphatic heterocycles. The van der Waals surface area contributed by atoms with Crippen LogP contribution in [0.4, 0.5) is 0 Å². The van der Waals surface area contributed by atoms with Crippen LogP contribution in [0.25, 0.3) is 10.9 Å². The van der Waals surface area contributed by atoms with Gasteiger partial charge in [-0.2, -0.15) is 0 Å². The molecule has 0 aliphatic rings. The first-order chi connectivity index (χ1) is 12.7. The van der Waals surface area contributed by atoms with E-state index in [0.29, 0.717) is 6.54 Å². The summed E-state index contributed by atoms with van der Waals surface area (Å²) in [5, 5.41) is 9.18. The Morgan fingerprint density at radius 3 is 2.78 bits per heavy atom. The van der Waals surface area contributed by atoms with Crippen molar-refractivity contribution in [2.24, 2.45) is 4.99 Å². The minimum Gasteiger partial charge on any atom is -0.361 e. The van der Waals surface area contributed by atoms with Crippen LogP contribution in [0.3, 0.4) is 0 Å². The number of aromatic nitrogens is 2. The monoisotopic (exact) mass is 497 g/mol. The fourth-order valence-electron chi connectivity index (χ4n) is 3.04. The highest BCUT2D eigenvalue weighted by Gasteiger charge is 2.05. The molecular formula is C20H28IN5S. The molecule has 2 heterocycles. The number of halogens is 1. The van der Waals surface area contributed by atoms with E-state index in [1.165, 1.54) is 21.3 Å². The fourth-order valence-corrected chi connectivity index (χ4v) is 3.90. The van der Waals surface area contributed by atoms with E-state index in [1.807, 2.05) is 6.92 Å². The lowest BCUT2D eigenvalue weighted by Crippen LogP contribution is -2.37. The summed E-state index contributed by atoms with van der Waals surface area (Å²) < 4.78 is 0. The zero-order valence-electron chi connectivity index (χ0n) is 16.1. The minimum atomic E-state index is 0. The molecule has 0 radical (unpaired) electrons. The second-order valence-electron chi connectivity index (χ2n) is 6.33. The lowest BCUT2D eigenvalue weighted by molar-refractivity contribution is 0.746. The number of nitrogens with one attached hydrogen (secondary N) is 3. The van der Waals surface area contributed by atoms with Crippen molar-refractivity contribution in [3.8, 4) is 0 Å². The number of nitrogens with zero attached hydrogens (tertiary/aromatic N) is 2. The van der Waals surface area contributed by atoms with Crippen molar-refractivity contribution in [3.05, 3.63) is 51.6 Å². The van der Waals surface area contributed by atoms with Gasteiger partial charge in [-0.05, 0) is 45.2 Å². The van der Waals surface area contributed by atoms with Crippen molar-refractivity contribution in [3.63, 3.8) is 0 Å². The third kappa shape index (κ3) is 5.93. The average molecular weight is 497 g/mol. The average Bonchev–Trinajstić information content (AvgIpc) is 3.19. The van der Waals surface area contributed by atoms with Crippen molar-refractivity contribution in [2.75, 3.05) is 13.1 Å². The van der Waals surface area contributed by atoms with Gasteiger partial charge in [0, 0.05) is 35.1 Å². The van der Waals surface area contributed by atoms with Gasteiger partial charge in [0.1, 0.15) is 0 Å². The number of aliphatic imine (C=N–C) groups is 1. The molecule has 0 atom stereocenters. The summed E-state index contributed by atoms with van der Waals surface area (Å²) >= 11 is 1.72. The molecule has 0 bridgehead atoms. The van der Waals surface area contributed by atoms with Crippen LogP contribution in [0, 0.1) is 13.8 Å². The Morgan fingerprint density at radius 1 is 1.22 bits per heavy atom. The van der Waals surface area contributed by atoms with E-state index in [0.717, 1.165) is 42.6 Å². The Morgan fingerprint density at radius 2 is 2.04 bits per heavy atom. The highest BCUT2D eigenvalue weighted by molar-refractivity contribution is 14.0. The SMILES string of the molecule is CCNC(=NCc1sc(C)nc1C)NCCCc1c[nH]c2ccccc12.I. The molecule has 0 fully saturated rings. The summed E-state index contributed by atoms with van der Waals surface area (Å²) in [6.07, 6.45) is 4.23. The lowest BCUT2D eigenvalue weighted by Gasteiger charge is -2.11. The molecule has 27 heavy (non-hydrogen) atoms. The maximum atomic E-state index is 4.70. The van der Waals surface area contributed by atoms with Gasteiger partial charge in [0.15, 0.2) is 5.96 Å². The Balaban J connectivity index is 0.00000261. The quantitative estimate of drug-likeness (QED) is 0.194. The smallest absolute Gasteiger partial charge is 0.191 e. The summed E-state index contributed by atoms with van der Waals surface area (Å²) in [4.78, 5) is 13.7. The number of para-hydroxylation sites is 1. The molecule has 7 heteroatoms. The van der Waals surface area contributed by atoms with Crippen LogP contribution >= 0.6 is 35.3 Å². The van der Waals surface area contributed by atoms with Gasteiger partial charge in [-0.25, -0.2) is 9.98 Å². The van der Waals surface area contributed by atoms with Gasteiger partial charge in [0.25, 0.3) is 0 Å². The van der Waals surface area contributed by atoms with Crippen molar-refractivity contribution in [1.82, 2.24) is 20.6 Å². The van der Waals surface area contributed by atoms with Crippen LogP contribution in [-0.2, 0) is 13.0 Å². The van der Waals surface area contributed by atoms with E-state index in [2.05, 4.69) is 64.9 Å². The number of fused-ring (bicyclic) bond motifs is 1. The van der Waals surface area contributed by atoms with Gasteiger partial charge in [0.05, 0.1) is 17.2 Å². The zero-order valence-corrected chi connectivity index (χ0v) is 19.3. The van der Waals surface area contributed by atoms with Gasteiger partial charge in [-0.15, -0.1) is 35.3 Å². The first-order valence-electron chi connectivity index (χ1n) is 9.17. The van der Waals surface area contributed by atoms with Crippen LogP contribution in [-0.4, -0.2) is 29.0 Å². The van der Waals surface area contributed by atoms with E-state index in [1.54, 1.807) is 11.3 Å². The van der Waals surface area contributed by atoms with Gasteiger partial charge >= 0.3 is 0 Å². The number of H-pyrrole nitrogens is 1. The number of hydrogen-bond acceptors (Lipinski definition) is 3. The third-order valence-corrected chi connectivity index (χ3v) is 5.37. The van der Waals surface area contributed by atoms with E-state index < -0.39 is 0 Å². The van der Waals surface area contributed by atoms with Gasteiger partial charge < -0.3 is 15.6 Å². The van der Waals surface area contributed by atoms with Gasteiger partial charge in [-0.3, -0.25) is 0 Å². The lowest BCUT2D eigenvalue weighted by atomic mass is 10.1. The summed E-state index contributed by atoms with van der Waals surface area (Å²) in [7, 11) is 0. The molecule has 0 spiro atoms. The molecule has 3 aromatic rings. The van der Waals surface area contributed by atoms with Crippen LogP contribution in [0.5, 0.6) is 0 Å². The third-order valence-electron chi connectivity index (χ3n) is 4.31. The summed E-state index contributed by atoms with van der Waals surface area (Å²) in [6, 6.07) is 8.46. The Bertz CT molecular complexity index is 884. The fraction of sp³-hybridized carbons (Fsp3) is 0.400. The van der Waals surface area contributed by atoms with Crippen LogP contribution < -0.4 is 10.6 Å². The van der Waals surface area contributed by atoms with E-state index >= 15 is 0 Å². The molecule has 146 valence electrons. The van der Waals surface area contributed by atoms with E-state index in [4.69, 9.17) is 4.99 Å². The molecule has 0 amide bonds. The molecular weight excluding hydrogens is 469 g/mol. The molecule has 2 aromatic heterocycles. The topological polar surface area (TPSA) is 65.1 Å². The van der Waals surface area contributed by atoms with Crippen LogP contribution in [0.2, 0.25) is 0 Å². The standard InChI is InChI=1S/C20H27N5S.HI/c1-4-21-20(24-13-19-14(2)25-15(3)26-19)22-11-7-8-16-12-23-18-10-6-5-9-17(16)18;/h5-6,9-10,12,23H,4,7-8,11,13H2,1-3H3,(H2,21,22,24);1H. The van der Waals surface area contributed by atoms with E-state index in [-0.39, 0.29) is 24.0 Å². The maximum absolute atomic E-state index is 4.70. The Kier molecular flexibility index (Phi) is 8.56. The van der Waals surface area contributed by atoms with Gasteiger partial charge in [0.2, 0.25) is 0 Å². The number of aryl methyl sites for hydroxylation is 3. The molecule has 0 unspecified atom stereocenters. The van der Waals surface area contributed by atoms with Crippen molar-refractivity contribution >= 4 is 52.2 Å². The first-order valence-corrected chi connectivity index (χ1v) is 9.99. The number of guanidine groups is 1. The molecule has 0 saturated carbocycles. The molecule has 0 aliphatic carbocycles. The number of benzene rings is 1. The predicted octanol–water partition coefficient (Wildman–Crippen LogP) is 4.55. The summed E-state index contributed by atoms with van der Waals surface area (Å²) in [5.41, 5.74) is 3.67. The number of thiazole rings is 1. The number of hydrogen-bond donors (Lipinski definition) is 3. The molecule has 3 rings (SSSR count). The van der Waals surface area contributed by atoms with Crippen LogP contribution in [0.15, 0.2) is 35.5 Å². The minimum absolute atomic E-state index is 0. The van der Waals surface area contributed by atoms with Crippen molar-refractivity contribution in [2.45, 2.75) is 40.2 Å². The highest BCUT2D eigenvalue weighted by atomic mass is 127. The number of aromatic amines is 1. The molecule has 0 saturated heterocycles. The molecule has 3 N–H and O–H groups in total. The van der Waals surface area contributed by atoms with Gasteiger partial charge in [-0.1, -0.05) is 18.2 Å². The maximum Gasteiger partial charge on any atom is 0.191 e. The second-order valence-corrected chi connectivity index (χ2v) is 7.61. The highest BCUT2D eigenvalue weighted by Crippen LogP contribution is 2.19.